The van der Waals surface area contributed by atoms with Gasteiger partial charge >= 0.3 is 6.09 Å². The number of aromatic nitrogens is 2. The molecule has 1 aliphatic heterocycles. The van der Waals surface area contributed by atoms with Gasteiger partial charge in [-0.1, -0.05) is 0 Å². The zero-order valence-electron chi connectivity index (χ0n) is 13.9. The number of likely N-dealkylation sites (tertiary alicyclic amines) is 1. The van der Waals surface area contributed by atoms with Crippen LogP contribution in [0.15, 0.2) is 12.3 Å². The molecule has 1 aromatic rings. The van der Waals surface area contributed by atoms with E-state index in [4.69, 9.17) is 9.47 Å². The van der Waals surface area contributed by atoms with Crippen molar-refractivity contribution in [3.63, 3.8) is 0 Å². The van der Waals surface area contributed by atoms with Crippen LogP contribution in [-0.2, 0) is 9.47 Å². The number of ether oxygens (including phenoxy) is 2. The molecule has 2 unspecified atom stereocenters. The number of hydrogen-bond donors (Lipinski definition) is 2. The molecule has 1 aliphatic rings. The van der Waals surface area contributed by atoms with Crippen molar-refractivity contribution < 1.29 is 14.3 Å². The molecule has 0 bridgehead atoms. The SMILES string of the molecule is CO[C@H]1CN(C(=O)OC(C)(C)C)CC1NC(C)c1ccn[nH]1. The highest BCUT2D eigenvalue weighted by atomic mass is 16.6. The minimum Gasteiger partial charge on any atom is -0.444 e. The Balaban J connectivity index is 1.96. The Kier molecular flexibility index (Phi) is 5.08. The fraction of sp³-hybridized carbons (Fsp3) is 0.733. The van der Waals surface area contributed by atoms with E-state index in [1.54, 1.807) is 18.2 Å². The summed E-state index contributed by atoms with van der Waals surface area (Å²) in [5.74, 6) is 0. The van der Waals surface area contributed by atoms with Gasteiger partial charge in [-0.3, -0.25) is 5.10 Å². The van der Waals surface area contributed by atoms with Gasteiger partial charge in [0.25, 0.3) is 0 Å². The van der Waals surface area contributed by atoms with Crippen LogP contribution in [0.4, 0.5) is 4.79 Å². The lowest BCUT2D eigenvalue weighted by Gasteiger charge is -2.24. The van der Waals surface area contributed by atoms with Crippen LogP contribution in [0.25, 0.3) is 0 Å². The molecular formula is C15H26N4O3. The number of carbonyl (C=O) groups is 1. The van der Waals surface area contributed by atoms with Crippen LogP contribution in [0.3, 0.4) is 0 Å². The summed E-state index contributed by atoms with van der Waals surface area (Å²) < 4.78 is 10.9. The average molecular weight is 310 g/mol. The van der Waals surface area contributed by atoms with Crippen molar-refractivity contribution in [2.75, 3.05) is 20.2 Å². The molecule has 124 valence electrons. The highest BCUT2D eigenvalue weighted by molar-refractivity contribution is 5.68. The van der Waals surface area contributed by atoms with Crippen LogP contribution in [0.5, 0.6) is 0 Å². The van der Waals surface area contributed by atoms with E-state index in [1.807, 2.05) is 26.8 Å². The molecule has 7 heteroatoms. The van der Waals surface area contributed by atoms with E-state index >= 15 is 0 Å². The smallest absolute Gasteiger partial charge is 0.410 e. The first kappa shape index (κ1) is 16.8. The standard InChI is InChI=1S/C15H26N4O3/c1-10(11-6-7-16-18-11)17-12-8-19(9-13(12)21-5)14(20)22-15(2,3)4/h6-7,10,12-13,17H,8-9H2,1-5H3,(H,16,18)/t10?,12?,13-/m0/s1. The van der Waals surface area contributed by atoms with Gasteiger partial charge in [-0.2, -0.15) is 5.10 Å². The fourth-order valence-corrected chi connectivity index (χ4v) is 2.57. The summed E-state index contributed by atoms with van der Waals surface area (Å²) in [6, 6.07) is 2.08. The van der Waals surface area contributed by atoms with E-state index in [-0.39, 0.29) is 24.3 Å². The van der Waals surface area contributed by atoms with Crippen LogP contribution in [0.1, 0.15) is 39.4 Å². The third-order valence-corrected chi connectivity index (χ3v) is 3.67. The zero-order chi connectivity index (χ0) is 16.3. The summed E-state index contributed by atoms with van der Waals surface area (Å²) in [5, 5.41) is 10.4. The Morgan fingerprint density at radius 1 is 1.50 bits per heavy atom. The molecular weight excluding hydrogens is 284 g/mol. The molecule has 0 radical (unpaired) electrons. The summed E-state index contributed by atoms with van der Waals surface area (Å²) in [6.07, 6.45) is 1.37. The molecule has 0 spiro atoms. The van der Waals surface area contributed by atoms with Gasteiger partial charge in [0.15, 0.2) is 0 Å². The third-order valence-electron chi connectivity index (χ3n) is 3.67. The van der Waals surface area contributed by atoms with Crippen molar-refractivity contribution in [1.29, 1.82) is 0 Å². The molecule has 0 aromatic carbocycles. The monoisotopic (exact) mass is 310 g/mol. The van der Waals surface area contributed by atoms with E-state index < -0.39 is 5.60 Å². The fourth-order valence-electron chi connectivity index (χ4n) is 2.57. The van der Waals surface area contributed by atoms with Crippen LogP contribution in [0.2, 0.25) is 0 Å². The van der Waals surface area contributed by atoms with Crippen LogP contribution in [-0.4, -0.2) is 59.1 Å². The number of nitrogens with one attached hydrogen (secondary N) is 2. The third kappa shape index (κ3) is 4.20. The maximum Gasteiger partial charge on any atom is 0.410 e. The predicted octanol–water partition coefficient (Wildman–Crippen LogP) is 1.69. The molecule has 22 heavy (non-hydrogen) atoms. The minimum absolute atomic E-state index is 0.0517. The van der Waals surface area contributed by atoms with Gasteiger partial charge in [-0.15, -0.1) is 0 Å². The number of amides is 1. The van der Waals surface area contributed by atoms with Gasteiger partial charge < -0.3 is 19.7 Å². The van der Waals surface area contributed by atoms with Gasteiger partial charge in [0.2, 0.25) is 0 Å². The Morgan fingerprint density at radius 2 is 2.23 bits per heavy atom. The number of carbonyl (C=O) groups excluding carboxylic acids is 1. The molecule has 1 amide bonds. The maximum atomic E-state index is 12.2. The van der Waals surface area contributed by atoms with E-state index in [2.05, 4.69) is 22.4 Å². The Bertz CT molecular complexity index is 483. The van der Waals surface area contributed by atoms with Crippen molar-refractivity contribution in [2.24, 2.45) is 0 Å². The molecule has 2 rings (SSSR count). The number of methoxy groups -OCH3 is 1. The van der Waals surface area contributed by atoms with E-state index in [0.717, 1.165) is 5.69 Å². The zero-order valence-corrected chi connectivity index (χ0v) is 13.9. The first-order chi connectivity index (χ1) is 10.3. The minimum atomic E-state index is -0.492. The summed E-state index contributed by atoms with van der Waals surface area (Å²) in [6.45, 7) is 8.74. The summed E-state index contributed by atoms with van der Waals surface area (Å²) in [7, 11) is 1.67. The molecule has 1 aromatic heterocycles. The molecule has 0 aliphatic carbocycles. The van der Waals surface area contributed by atoms with Gasteiger partial charge in [0, 0.05) is 25.9 Å². The van der Waals surface area contributed by atoms with E-state index in [1.165, 1.54) is 0 Å². The summed E-state index contributed by atoms with van der Waals surface area (Å²) in [5.41, 5.74) is 0.513. The molecule has 3 atom stereocenters. The van der Waals surface area contributed by atoms with Crippen molar-refractivity contribution >= 4 is 6.09 Å². The van der Waals surface area contributed by atoms with Gasteiger partial charge in [0.05, 0.1) is 24.4 Å². The molecule has 0 saturated carbocycles. The first-order valence-corrected chi connectivity index (χ1v) is 7.56. The number of hydrogen-bond acceptors (Lipinski definition) is 5. The predicted molar refractivity (Wildman–Crippen MR) is 82.5 cm³/mol. The van der Waals surface area contributed by atoms with Crippen molar-refractivity contribution in [3.05, 3.63) is 18.0 Å². The summed E-state index contributed by atoms with van der Waals surface area (Å²) in [4.78, 5) is 13.9. The van der Waals surface area contributed by atoms with Gasteiger partial charge in [0.1, 0.15) is 5.60 Å². The topological polar surface area (TPSA) is 79.5 Å². The normalized spacial score (nSPS) is 23.6. The highest BCUT2D eigenvalue weighted by Crippen LogP contribution is 2.20. The lowest BCUT2D eigenvalue weighted by Crippen LogP contribution is -2.42. The van der Waals surface area contributed by atoms with Crippen LogP contribution >= 0.6 is 0 Å². The maximum absolute atomic E-state index is 12.2. The van der Waals surface area contributed by atoms with Crippen molar-refractivity contribution in [2.45, 2.75) is 51.5 Å². The second-order valence-electron chi connectivity index (χ2n) is 6.67. The first-order valence-electron chi connectivity index (χ1n) is 7.56. The van der Waals surface area contributed by atoms with Crippen molar-refractivity contribution in [3.8, 4) is 0 Å². The largest absolute Gasteiger partial charge is 0.444 e. The highest BCUT2D eigenvalue weighted by Gasteiger charge is 2.37. The van der Waals surface area contributed by atoms with Crippen molar-refractivity contribution in [1.82, 2.24) is 20.4 Å². The summed E-state index contributed by atoms with van der Waals surface area (Å²) >= 11 is 0. The second kappa shape index (κ2) is 6.66. The van der Waals surface area contributed by atoms with Crippen LogP contribution < -0.4 is 5.32 Å². The Morgan fingerprint density at radius 3 is 2.77 bits per heavy atom. The Labute approximate surface area is 131 Å². The number of H-pyrrole nitrogens is 1. The Hall–Kier alpha value is -1.60. The molecule has 2 heterocycles. The quantitative estimate of drug-likeness (QED) is 0.885. The molecule has 2 N–H and O–H groups in total. The molecule has 1 fully saturated rings. The lowest BCUT2D eigenvalue weighted by atomic mass is 10.1. The van der Waals surface area contributed by atoms with E-state index in [0.29, 0.717) is 13.1 Å². The van der Waals surface area contributed by atoms with Gasteiger partial charge in [-0.25, -0.2) is 4.79 Å². The van der Waals surface area contributed by atoms with Gasteiger partial charge in [-0.05, 0) is 33.8 Å². The lowest BCUT2D eigenvalue weighted by molar-refractivity contribution is 0.0252. The number of aromatic amines is 1. The molecule has 1 saturated heterocycles. The molecule has 7 nitrogen and oxygen atoms in total. The van der Waals surface area contributed by atoms with E-state index in [9.17, 15) is 4.79 Å². The second-order valence-corrected chi connectivity index (χ2v) is 6.67. The number of rotatable bonds is 4. The average Bonchev–Trinajstić information content (AvgIpc) is 3.05. The number of nitrogens with zero attached hydrogens (tertiary/aromatic N) is 2. The van der Waals surface area contributed by atoms with Crippen LogP contribution in [0, 0.1) is 0 Å².